The lowest BCUT2D eigenvalue weighted by molar-refractivity contribution is 0.0903. The molecule has 96 valence electrons. The van der Waals surface area contributed by atoms with Crippen LogP contribution in [0.4, 0.5) is 0 Å². The third-order valence-electron chi connectivity index (χ3n) is 3.76. The van der Waals surface area contributed by atoms with Gasteiger partial charge in [-0.1, -0.05) is 19.0 Å². The minimum absolute atomic E-state index is 0.0251. The predicted molar refractivity (Wildman–Crippen MR) is 63.8 cm³/mol. The zero-order chi connectivity index (χ0) is 12.3. The Bertz CT molecular complexity index is 354. The number of hydrogen-bond acceptors (Lipinski definition) is 5. The van der Waals surface area contributed by atoms with Crippen molar-refractivity contribution in [3.05, 3.63) is 11.7 Å². The van der Waals surface area contributed by atoms with Crippen LogP contribution in [0.25, 0.3) is 0 Å². The number of nitrogens with one attached hydrogen (secondary N) is 1. The maximum absolute atomic E-state index is 5.45. The molecule has 0 aliphatic carbocycles. The van der Waals surface area contributed by atoms with Crippen molar-refractivity contribution in [2.75, 3.05) is 20.2 Å². The van der Waals surface area contributed by atoms with Gasteiger partial charge in [-0.05, 0) is 25.8 Å². The lowest BCUT2D eigenvalue weighted by Gasteiger charge is -2.20. The minimum Gasteiger partial charge on any atom is -0.373 e. The molecule has 1 aromatic rings. The first-order valence-electron chi connectivity index (χ1n) is 6.33. The van der Waals surface area contributed by atoms with E-state index in [0.717, 1.165) is 38.2 Å². The van der Waals surface area contributed by atoms with Crippen molar-refractivity contribution in [1.29, 1.82) is 0 Å². The molecule has 2 rings (SSSR count). The maximum Gasteiger partial charge on any atom is 0.234 e. The first-order chi connectivity index (χ1) is 8.25. The summed E-state index contributed by atoms with van der Waals surface area (Å²) in [6, 6.07) is 0. The summed E-state index contributed by atoms with van der Waals surface area (Å²) in [6.45, 7) is 6.17. The normalized spacial score (nSPS) is 26.3. The zero-order valence-electron chi connectivity index (χ0n) is 10.8. The minimum atomic E-state index is -0.0595. The molecule has 0 spiro atoms. The van der Waals surface area contributed by atoms with Crippen molar-refractivity contribution < 1.29 is 9.26 Å². The smallest absolute Gasteiger partial charge is 0.234 e. The summed E-state index contributed by atoms with van der Waals surface area (Å²) in [5, 5.41) is 7.43. The van der Waals surface area contributed by atoms with Crippen molar-refractivity contribution >= 4 is 0 Å². The van der Waals surface area contributed by atoms with Crippen molar-refractivity contribution in [3.63, 3.8) is 0 Å². The molecular weight excluding hydrogens is 218 g/mol. The Balaban J connectivity index is 2.22. The van der Waals surface area contributed by atoms with E-state index < -0.39 is 0 Å². The van der Waals surface area contributed by atoms with E-state index in [9.17, 15) is 0 Å². The van der Waals surface area contributed by atoms with Gasteiger partial charge in [0.1, 0.15) is 6.10 Å². The topological polar surface area (TPSA) is 60.2 Å². The van der Waals surface area contributed by atoms with Gasteiger partial charge in [-0.3, -0.25) is 0 Å². The fourth-order valence-electron chi connectivity index (χ4n) is 2.41. The molecule has 2 atom stereocenters. The average Bonchev–Trinajstić information content (AvgIpc) is 2.99. The van der Waals surface area contributed by atoms with E-state index in [0.29, 0.717) is 5.82 Å². The molecular formula is C12H21N3O2. The molecule has 0 bridgehead atoms. The molecule has 1 N–H and O–H groups in total. The largest absolute Gasteiger partial charge is 0.373 e. The third-order valence-corrected chi connectivity index (χ3v) is 3.76. The van der Waals surface area contributed by atoms with Crippen molar-refractivity contribution in [3.8, 4) is 0 Å². The molecule has 2 heterocycles. The van der Waals surface area contributed by atoms with Crippen LogP contribution in [-0.4, -0.2) is 30.3 Å². The summed E-state index contributed by atoms with van der Waals surface area (Å²) in [5.74, 6) is 1.43. The molecule has 5 heteroatoms. The number of rotatable bonds is 5. The van der Waals surface area contributed by atoms with Gasteiger partial charge in [0.05, 0.1) is 5.41 Å². The Hall–Kier alpha value is -0.940. The van der Waals surface area contributed by atoms with Gasteiger partial charge in [0.15, 0.2) is 0 Å². The second kappa shape index (κ2) is 5.14. The van der Waals surface area contributed by atoms with Crippen LogP contribution in [0.3, 0.4) is 0 Å². The summed E-state index contributed by atoms with van der Waals surface area (Å²) >= 11 is 0. The van der Waals surface area contributed by atoms with E-state index in [1.165, 1.54) is 0 Å². The number of hydrogen-bond donors (Lipinski definition) is 1. The monoisotopic (exact) mass is 239 g/mol. The highest BCUT2D eigenvalue weighted by Crippen LogP contribution is 2.33. The molecule has 0 amide bonds. The van der Waals surface area contributed by atoms with Gasteiger partial charge in [0.2, 0.25) is 11.7 Å². The van der Waals surface area contributed by atoms with E-state index in [2.05, 4.69) is 29.3 Å². The van der Waals surface area contributed by atoms with Gasteiger partial charge in [-0.25, -0.2) is 0 Å². The molecule has 17 heavy (non-hydrogen) atoms. The lowest BCUT2D eigenvalue weighted by Crippen LogP contribution is -2.28. The predicted octanol–water partition coefficient (Wildman–Crippen LogP) is 1.81. The van der Waals surface area contributed by atoms with Crippen molar-refractivity contribution in [2.45, 2.75) is 44.6 Å². The lowest BCUT2D eigenvalue weighted by atomic mass is 9.84. The molecule has 0 radical (unpaired) electrons. The molecule has 0 aromatic carbocycles. The summed E-state index contributed by atoms with van der Waals surface area (Å²) in [4.78, 5) is 4.53. The van der Waals surface area contributed by atoms with E-state index in [-0.39, 0.29) is 11.5 Å². The number of methoxy groups -OCH3 is 1. The molecule has 2 unspecified atom stereocenters. The SMILES string of the molecule is CCC(OC)c1noc(C2(CC)CCNC2)n1. The van der Waals surface area contributed by atoms with Gasteiger partial charge in [-0.15, -0.1) is 0 Å². The van der Waals surface area contributed by atoms with Crippen LogP contribution in [0.15, 0.2) is 4.52 Å². The second-order valence-corrected chi connectivity index (χ2v) is 4.65. The number of nitrogens with zero attached hydrogens (tertiary/aromatic N) is 2. The van der Waals surface area contributed by atoms with Crippen LogP contribution in [0.1, 0.15) is 50.9 Å². The van der Waals surface area contributed by atoms with E-state index >= 15 is 0 Å². The molecule has 1 saturated heterocycles. The van der Waals surface area contributed by atoms with Gasteiger partial charge in [0.25, 0.3) is 0 Å². The highest BCUT2D eigenvalue weighted by atomic mass is 16.5. The number of ether oxygens (including phenoxy) is 1. The van der Waals surface area contributed by atoms with Crippen LogP contribution in [0.5, 0.6) is 0 Å². The van der Waals surface area contributed by atoms with E-state index in [1.54, 1.807) is 7.11 Å². The van der Waals surface area contributed by atoms with Crippen LogP contribution in [0, 0.1) is 0 Å². The average molecular weight is 239 g/mol. The Labute approximate surface area is 102 Å². The Morgan fingerprint density at radius 3 is 2.88 bits per heavy atom. The highest BCUT2D eigenvalue weighted by molar-refractivity contribution is 5.10. The van der Waals surface area contributed by atoms with Crippen molar-refractivity contribution in [1.82, 2.24) is 15.5 Å². The van der Waals surface area contributed by atoms with Crippen molar-refractivity contribution in [2.24, 2.45) is 0 Å². The Morgan fingerprint density at radius 1 is 1.53 bits per heavy atom. The van der Waals surface area contributed by atoms with E-state index in [1.807, 2.05) is 0 Å². The molecule has 0 saturated carbocycles. The first-order valence-corrected chi connectivity index (χ1v) is 6.33. The molecule has 1 aliphatic heterocycles. The Morgan fingerprint density at radius 2 is 2.35 bits per heavy atom. The van der Waals surface area contributed by atoms with Gasteiger partial charge in [0, 0.05) is 13.7 Å². The fourth-order valence-corrected chi connectivity index (χ4v) is 2.41. The van der Waals surface area contributed by atoms with E-state index in [4.69, 9.17) is 9.26 Å². The van der Waals surface area contributed by atoms with Gasteiger partial charge in [-0.2, -0.15) is 4.98 Å². The van der Waals surface area contributed by atoms with Gasteiger partial charge < -0.3 is 14.6 Å². The quantitative estimate of drug-likeness (QED) is 0.849. The molecule has 1 aromatic heterocycles. The highest BCUT2D eigenvalue weighted by Gasteiger charge is 2.39. The molecule has 5 nitrogen and oxygen atoms in total. The standard InChI is InChI=1S/C12H21N3O2/c1-4-9(16-3)10-14-11(17-15-10)12(5-2)6-7-13-8-12/h9,13H,4-8H2,1-3H3. The van der Waals surface area contributed by atoms with Gasteiger partial charge >= 0.3 is 0 Å². The second-order valence-electron chi connectivity index (χ2n) is 4.65. The van der Waals surface area contributed by atoms with Crippen LogP contribution in [0.2, 0.25) is 0 Å². The Kier molecular flexibility index (Phi) is 3.79. The van der Waals surface area contributed by atoms with Crippen LogP contribution in [-0.2, 0) is 10.2 Å². The number of aromatic nitrogens is 2. The molecule has 1 aliphatic rings. The summed E-state index contributed by atoms with van der Waals surface area (Å²) in [6.07, 6.45) is 2.88. The fraction of sp³-hybridized carbons (Fsp3) is 0.833. The third kappa shape index (κ3) is 2.21. The maximum atomic E-state index is 5.45. The zero-order valence-corrected chi connectivity index (χ0v) is 10.8. The summed E-state index contributed by atoms with van der Waals surface area (Å²) < 4.78 is 10.8. The summed E-state index contributed by atoms with van der Waals surface area (Å²) in [5.41, 5.74) is 0.0251. The van der Waals surface area contributed by atoms with Crippen LogP contribution >= 0.6 is 0 Å². The molecule has 1 fully saturated rings. The first kappa shape index (κ1) is 12.5. The summed E-state index contributed by atoms with van der Waals surface area (Å²) in [7, 11) is 1.68. The van der Waals surface area contributed by atoms with Crippen LogP contribution < -0.4 is 5.32 Å².